The molecule has 0 aromatic heterocycles. The van der Waals surface area contributed by atoms with E-state index in [0.29, 0.717) is 18.8 Å². The van der Waals surface area contributed by atoms with Crippen molar-refractivity contribution >= 4 is 29.0 Å². The van der Waals surface area contributed by atoms with Crippen LogP contribution >= 0.6 is 11.6 Å². The quantitative estimate of drug-likeness (QED) is 0.459. The molecule has 1 amide bonds. The van der Waals surface area contributed by atoms with Gasteiger partial charge in [-0.1, -0.05) is 12.1 Å². The molecule has 84 valence electrons. The van der Waals surface area contributed by atoms with Gasteiger partial charge in [-0.2, -0.15) is 0 Å². The number of carbonyl (C=O) groups is 1. The van der Waals surface area contributed by atoms with Crippen LogP contribution in [0.15, 0.2) is 23.2 Å². The van der Waals surface area contributed by atoms with Gasteiger partial charge in [-0.15, -0.1) is 11.6 Å². The van der Waals surface area contributed by atoms with Crippen molar-refractivity contribution in [1.82, 2.24) is 5.32 Å². The zero-order valence-corrected chi connectivity index (χ0v) is 9.42. The molecular weight excluding hydrogens is 226 g/mol. The Kier molecular flexibility index (Phi) is 3.10. The van der Waals surface area contributed by atoms with Gasteiger partial charge >= 0.3 is 0 Å². The highest BCUT2D eigenvalue weighted by Crippen LogP contribution is 2.25. The Balaban J connectivity index is 2.41. The van der Waals surface area contributed by atoms with Crippen molar-refractivity contribution in [3.05, 3.63) is 29.3 Å². The highest BCUT2D eigenvalue weighted by Gasteiger charge is 2.17. The lowest BCUT2D eigenvalue weighted by atomic mass is 9.99. The Labute approximate surface area is 98.5 Å². The van der Waals surface area contributed by atoms with Crippen molar-refractivity contribution < 1.29 is 4.79 Å². The first kappa shape index (κ1) is 11.0. The molecular formula is C11H12ClN3O. The molecule has 5 heteroatoms. The summed E-state index contributed by atoms with van der Waals surface area (Å²) in [5.74, 6) is 0.627. The lowest BCUT2D eigenvalue weighted by Crippen LogP contribution is -2.30. The number of benzene rings is 1. The zero-order chi connectivity index (χ0) is 11.5. The first-order valence-electron chi connectivity index (χ1n) is 4.97. The summed E-state index contributed by atoms with van der Waals surface area (Å²) >= 11 is 5.58. The van der Waals surface area contributed by atoms with Crippen molar-refractivity contribution in [2.24, 2.45) is 10.7 Å². The van der Waals surface area contributed by atoms with Crippen LogP contribution in [0.25, 0.3) is 0 Å². The Morgan fingerprint density at radius 3 is 3.12 bits per heavy atom. The molecule has 0 saturated heterocycles. The third-order valence-electron chi connectivity index (χ3n) is 2.46. The van der Waals surface area contributed by atoms with E-state index in [4.69, 9.17) is 17.3 Å². The summed E-state index contributed by atoms with van der Waals surface area (Å²) in [6.45, 7) is 0.503. The second-order valence-corrected chi connectivity index (χ2v) is 3.87. The number of nitrogens with two attached hydrogens (primary N) is 1. The van der Waals surface area contributed by atoms with Crippen molar-refractivity contribution in [2.75, 3.05) is 5.88 Å². The predicted molar refractivity (Wildman–Crippen MR) is 64.0 cm³/mol. The molecule has 0 radical (unpaired) electrons. The third kappa shape index (κ3) is 2.17. The molecule has 2 rings (SSSR count). The minimum absolute atomic E-state index is 0.0407. The molecule has 1 aromatic carbocycles. The van der Waals surface area contributed by atoms with Crippen molar-refractivity contribution in [2.45, 2.75) is 13.0 Å². The van der Waals surface area contributed by atoms with Crippen LogP contribution < -0.4 is 11.1 Å². The van der Waals surface area contributed by atoms with Gasteiger partial charge in [0, 0.05) is 12.1 Å². The van der Waals surface area contributed by atoms with Gasteiger partial charge in [0.1, 0.15) is 5.84 Å². The maximum atomic E-state index is 11.2. The number of alkyl halides is 1. The number of carbonyl (C=O) groups excluding carboxylic acids is 1. The molecule has 1 aliphatic rings. The molecule has 0 unspecified atom stereocenters. The van der Waals surface area contributed by atoms with Gasteiger partial charge in [-0.05, 0) is 11.6 Å². The lowest BCUT2D eigenvalue weighted by molar-refractivity contribution is -0.121. The molecule has 1 heterocycles. The van der Waals surface area contributed by atoms with Crippen molar-refractivity contribution in [3.63, 3.8) is 0 Å². The summed E-state index contributed by atoms with van der Waals surface area (Å²) in [6, 6.07) is 5.68. The van der Waals surface area contributed by atoms with Crippen LogP contribution in [0.1, 0.15) is 11.1 Å². The first-order chi connectivity index (χ1) is 7.70. The van der Waals surface area contributed by atoms with E-state index < -0.39 is 0 Å². The molecule has 0 fully saturated rings. The van der Waals surface area contributed by atoms with E-state index in [2.05, 4.69) is 10.3 Å². The minimum atomic E-state index is 0.0407. The fraction of sp³-hybridized carbons (Fsp3) is 0.273. The van der Waals surface area contributed by atoms with Crippen molar-refractivity contribution in [1.29, 1.82) is 0 Å². The van der Waals surface area contributed by atoms with Gasteiger partial charge in [0.05, 0.1) is 18.0 Å². The number of nitrogens with zero attached hydrogens (tertiary/aromatic N) is 1. The number of fused-ring (bicyclic) bond motifs is 1. The van der Waals surface area contributed by atoms with Gasteiger partial charge < -0.3 is 11.1 Å². The summed E-state index contributed by atoms with van der Waals surface area (Å²) in [4.78, 5) is 15.4. The van der Waals surface area contributed by atoms with Gasteiger partial charge in [0.2, 0.25) is 5.91 Å². The molecule has 3 N–H and O–H groups in total. The molecule has 16 heavy (non-hydrogen) atoms. The van der Waals surface area contributed by atoms with E-state index in [0.717, 1.165) is 16.8 Å². The standard InChI is InChI=1S/C11H12ClN3O/c12-5-10(13)15-9-3-1-2-7-4-11(16)14-6-8(7)9/h1-3H,4-6H2,(H2,13,15)(H,14,16). The highest BCUT2D eigenvalue weighted by atomic mass is 35.5. The summed E-state index contributed by atoms with van der Waals surface area (Å²) in [5, 5.41) is 2.79. The molecule has 0 saturated carbocycles. The number of rotatable bonds is 2. The van der Waals surface area contributed by atoms with E-state index in [1.54, 1.807) is 0 Å². The van der Waals surface area contributed by atoms with Crippen LogP contribution in [0.3, 0.4) is 0 Å². The Hall–Kier alpha value is -1.55. The first-order valence-corrected chi connectivity index (χ1v) is 5.50. The number of nitrogens with one attached hydrogen (secondary N) is 1. The third-order valence-corrected chi connectivity index (χ3v) is 2.74. The zero-order valence-electron chi connectivity index (χ0n) is 8.66. The number of hydrogen-bond acceptors (Lipinski definition) is 2. The van der Waals surface area contributed by atoms with Crippen LogP contribution in [-0.2, 0) is 17.8 Å². The summed E-state index contributed by atoms with van der Waals surface area (Å²) in [7, 11) is 0. The molecule has 1 aromatic rings. The van der Waals surface area contributed by atoms with Crippen LogP contribution in [0.5, 0.6) is 0 Å². The van der Waals surface area contributed by atoms with Gasteiger partial charge in [-0.25, -0.2) is 4.99 Å². The van der Waals surface area contributed by atoms with Gasteiger partial charge in [0.25, 0.3) is 0 Å². The number of amides is 1. The van der Waals surface area contributed by atoms with E-state index in [1.165, 1.54) is 0 Å². The molecule has 0 aliphatic carbocycles. The number of amidine groups is 1. The predicted octanol–water partition coefficient (Wildman–Crippen LogP) is 1.09. The van der Waals surface area contributed by atoms with Crippen LogP contribution in [0.4, 0.5) is 5.69 Å². The largest absolute Gasteiger partial charge is 0.386 e. The molecule has 1 aliphatic heterocycles. The normalized spacial score (nSPS) is 15.6. The summed E-state index contributed by atoms with van der Waals surface area (Å²) < 4.78 is 0. The second-order valence-electron chi connectivity index (χ2n) is 3.61. The van der Waals surface area contributed by atoms with E-state index >= 15 is 0 Å². The number of aliphatic imine (C=N–C) groups is 1. The van der Waals surface area contributed by atoms with E-state index in [-0.39, 0.29) is 11.8 Å². The number of halogens is 1. The Morgan fingerprint density at radius 1 is 1.56 bits per heavy atom. The Bertz CT molecular complexity index is 457. The smallest absolute Gasteiger partial charge is 0.224 e. The molecule has 4 nitrogen and oxygen atoms in total. The highest BCUT2D eigenvalue weighted by molar-refractivity contribution is 6.28. The topological polar surface area (TPSA) is 67.5 Å². The van der Waals surface area contributed by atoms with Crippen molar-refractivity contribution in [3.8, 4) is 0 Å². The average Bonchev–Trinajstić information content (AvgIpc) is 2.28. The average molecular weight is 238 g/mol. The van der Waals surface area contributed by atoms with Crippen LogP contribution in [0, 0.1) is 0 Å². The van der Waals surface area contributed by atoms with E-state index in [1.807, 2.05) is 18.2 Å². The fourth-order valence-corrected chi connectivity index (χ4v) is 1.76. The molecule has 0 atom stereocenters. The fourth-order valence-electron chi connectivity index (χ4n) is 1.70. The maximum Gasteiger partial charge on any atom is 0.224 e. The SMILES string of the molecule is NC(CCl)=Nc1cccc2c1CNC(=O)C2. The Morgan fingerprint density at radius 2 is 2.38 bits per heavy atom. The second kappa shape index (κ2) is 4.53. The van der Waals surface area contributed by atoms with Gasteiger partial charge in [0.15, 0.2) is 0 Å². The monoisotopic (exact) mass is 237 g/mol. The molecule has 0 bridgehead atoms. The number of hydrogen-bond donors (Lipinski definition) is 2. The summed E-state index contributed by atoms with van der Waals surface area (Å²) in [6.07, 6.45) is 0.402. The van der Waals surface area contributed by atoms with Gasteiger partial charge in [-0.3, -0.25) is 4.79 Å². The van der Waals surface area contributed by atoms with Crippen LogP contribution in [0.2, 0.25) is 0 Å². The maximum absolute atomic E-state index is 11.2. The minimum Gasteiger partial charge on any atom is -0.386 e. The van der Waals surface area contributed by atoms with Crippen LogP contribution in [-0.4, -0.2) is 17.6 Å². The van der Waals surface area contributed by atoms with E-state index in [9.17, 15) is 4.79 Å². The lowest BCUT2D eigenvalue weighted by Gasteiger charge is -2.18. The summed E-state index contributed by atoms with van der Waals surface area (Å²) in [5.41, 5.74) is 8.41. The molecule has 0 spiro atoms.